The molecule has 0 atom stereocenters. The Kier molecular flexibility index (Phi) is 6.90. The van der Waals surface area contributed by atoms with Crippen LogP contribution in [0.5, 0.6) is 0 Å². The van der Waals surface area contributed by atoms with Gasteiger partial charge in [-0.15, -0.1) is 0 Å². The van der Waals surface area contributed by atoms with E-state index >= 15 is 0 Å². The molecule has 0 spiro atoms. The molecule has 28 heavy (non-hydrogen) atoms. The number of benzene rings is 2. The van der Waals surface area contributed by atoms with Crippen molar-refractivity contribution in [3.05, 3.63) is 64.7 Å². The minimum atomic E-state index is -0.127. The van der Waals surface area contributed by atoms with Crippen molar-refractivity contribution in [1.82, 2.24) is 15.1 Å². The molecule has 0 aliphatic carbocycles. The van der Waals surface area contributed by atoms with Crippen molar-refractivity contribution in [2.75, 3.05) is 45.1 Å². The van der Waals surface area contributed by atoms with Crippen LogP contribution in [-0.4, -0.2) is 61.4 Å². The molecule has 0 unspecified atom stereocenters. The minimum absolute atomic E-state index is 0.0626. The molecule has 0 radical (unpaired) electrons. The van der Waals surface area contributed by atoms with Crippen LogP contribution < -0.4 is 10.6 Å². The standard InChI is InChI=1S/C21H25ClN4O2/c1-25-10-12-26(13-11-25)21(28)17-8-6-16(7-9-17)14-24-20(27)15-23-19-5-3-2-4-18(19)22/h2-9,23H,10-15H2,1H3,(H,24,27). The van der Waals surface area contributed by atoms with E-state index in [0.29, 0.717) is 17.1 Å². The first-order valence-corrected chi connectivity index (χ1v) is 9.72. The molecule has 1 fully saturated rings. The maximum Gasteiger partial charge on any atom is 0.253 e. The fourth-order valence-electron chi connectivity index (χ4n) is 3.00. The van der Waals surface area contributed by atoms with Gasteiger partial charge in [0.1, 0.15) is 0 Å². The first-order valence-electron chi connectivity index (χ1n) is 9.35. The Labute approximate surface area is 170 Å². The van der Waals surface area contributed by atoms with Crippen LogP contribution in [0.15, 0.2) is 48.5 Å². The van der Waals surface area contributed by atoms with Crippen LogP contribution in [-0.2, 0) is 11.3 Å². The van der Waals surface area contributed by atoms with Gasteiger partial charge in [-0.1, -0.05) is 35.9 Å². The summed E-state index contributed by atoms with van der Waals surface area (Å²) in [6, 6.07) is 14.7. The number of rotatable bonds is 6. The maximum absolute atomic E-state index is 12.5. The third kappa shape index (κ3) is 5.47. The first kappa shape index (κ1) is 20.2. The SMILES string of the molecule is CN1CCN(C(=O)c2ccc(CNC(=O)CNc3ccccc3Cl)cc2)CC1. The van der Waals surface area contributed by atoms with Crippen molar-refractivity contribution in [1.29, 1.82) is 0 Å². The molecule has 6 nitrogen and oxygen atoms in total. The van der Waals surface area contributed by atoms with Crippen LogP contribution in [0.25, 0.3) is 0 Å². The highest BCUT2D eigenvalue weighted by atomic mass is 35.5. The predicted octanol–water partition coefficient (Wildman–Crippen LogP) is 2.46. The summed E-state index contributed by atoms with van der Waals surface area (Å²) in [5.41, 5.74) is 2.35. The summed E-state index contributed by atoms with van der Waals surface area (Å²) in [7, 11) is 2.06. The van der Waals surface area contributed by atoms with Gasteiger partial charge in [0, 0.05) is 38.3 Å². The number of likely N-dealkylation sites (N-methyl/N-ethyl adjacent to an activating group) is 1. The van der Waals surface area contributed by atoms with E-state index < -0.39 is 0 Å². The highest BCUT2D eigenvalue weighted by molar-refractivity contribution is 6.33. The van der Waals surface area contributed by atoms with E-state index in [1.165, 1.54) is 0 Å². The van der Waals surface area contributed by atoms with Gasteiger partial charge in [0.05, 0.1) is 17.3 Å². The van der Waals surface area contributed by atoms with Crippen LogP contribution >= 0.6 is 11.6 Å². The lowest BCUT2D eigenvalue weighted by atomic mass is 10.1. The average Bonchev–Trinajstić information content (AvgIpc) is 2.72. The smallest absolute Gasteiger partial charge is 0.253 e. The Morgan fingerprint density at radius 1 is 1.00 bits per heavy atom. The largest absolute Gasteiger partial charge is 0.375 e. The van der Waals surface area contributed by atoms with Crippen LogP contribution in [0.4, 0.5) is 5.69 Å². The van der Waals surface area contributed by atoms with Gasteiger partial charge in [-0.05, 0) is 36.9 Å². The summed E-state index contributed by atoms with van der Waals surface area (Å²) in [6.07, 6.45) is 0. The van der Waals surface area contributed by atoms with E-state index in [4.69, 9.17) is 11.6 Å². The summed E-state index contributed by atoms with van der Waals surface area (Å²) >= 11 is 6.06. The molecule has 0 aromatic heterocycles. The summed E-state index contributed by atoms with van der Waals surface area (Å²) in [4.78, 5) is 28.7. The molecule has 7 heteroatoms. The second kappa shape index (κ2) is 9.57. The normalized spacial score (nSPS) is 14.6. The molecule has 2 aromatic rings. The zero-order valence-corrected chi connectivity index (χ0v) is 16.7. The van der Waals surface area contributed by atoms with Crippen LogP contribution in [0.2, 0.25) is 5.02 Å². The lowest BCUT2D eigenvalue weighted by molar-refractivity contribution is -0.119. The number of carbonyl (C=O) groups excluding carboxylic acids is 2. The van der Waals surface area contributed by atoms with Gasteiger partial charge in [-0.3, -0.25) is 9.59 Å². The van der Waals surface area contributed by atoms with Gasteiger partial charge < -0.3 is 20.4 Å². The highest BCUT2D eigenvalue weighted by Gasteiger charge is 2.20. The molecular weight excluding hydrogens is 376 g/mol. The highest BCUT2D eigenvalue weighted by Crippen LogP contribution is 2.19. The Balaban J connectivity index is 1.45. The van der Waals surface area contributed by atoms with Crippen LogP contribution in [0, 0.1) is 0 Å². The van der Waals surface area contributed by atoms with Gasteiger partial charge in [0.15, 0.2) is 0 Å². The molecule has 2 amide bonds. The average molecular weight is 401 g/mol. The zero-order chi connectivity index (χ0) is 19.9. The molecular formula is C21H25ClN4O2. The van der Waals surface area contributed by atoms with Gasteiger partial charge in [0.25, 0.3) is 5.91 Å². The Morgan fingerprint density at radius 2 is 1.68 bits per heavy atom. The quantitative estimate of drug-likeness (QED) is 0.781. The number of piperazine rings is 1. The van der Waals surface area contributed by atoms with Crippen molar-refractivity contribution in [3.8, 4) is 0 Å². The monoisotopic (exact) mass is 400 g/mol. The van der Waals surface area contributed by atoms with Crippen molar-refractivity contribution < 1.29 is 9.59 Å². The predicted molar refractivity (Wildman–Crippen MR) is 112 cm³/mol. The number of hydrogen-bond acceptors (Lipinski definition) is 4. The fourth-order valence-corrected chi connectivity index (χ4v) is 3.20. The summed E-state index contributed by atoms with van der Waals surface area (Å²) < 4.78 is 0. The maximum atomic E-state index is 12.5. The van der Waals surface area contributed by atoms with Crippen LogP contribution in [0.3, 0.4) is 0 Å². The molecule has 1 aliphatic rings. The van der Waals surface area contributed by atoms with Gasteiger partial charge in [-0.2, -0.15) is 0 Å². The second-order valence-electron chi connectivity index (χ2n) is 6.90. The number of amides is 2. The first-order chi connectivity index (χ1) is 13.5. The van der Waals surface area contributed by atoms with Crippen molar-refractivity contribution in [2.24, 2.45) is 0 Å². The van der Waals surface area contributed by atoms with E-state index in [2.05, 4.69) is 22.6 Å². The van der Waals surface area contributed by atoms with E-state index in [9.17, 15) is 9.59 Å². The van der Waals surface area contributed by atoms with Crippen molar-refractivity contribution >= 4 is 29.1 Å². The van der Waals surface area contributed by atoms with E-state index in [-0.39, 0.29) is 18.4 Å². The number of nitrogens with one attached hydrogen (secondary N) is 2. The molecule has 0 bridgehead atoms. The lowest BCUT2D eigenvalue weighted by Gasteiger charge is -2.32. The molecule has 148 valence electrons. The molecule has 2 N–H and O–H groups in total. The van der Waals surface area contributed by atoms with Crippen LogP contribution in [0.1, 0.15) is 15.9 Å². The van der Waals surface area contributed by atoms with E-state index in [1.54, 1.807) is 6.07 Å². The third-order valence-corrected chi connectivity index (χ3v) is 5.12. The van der Waals surface area contributed by atoms with Gasteiger partial charge in [-0.25, -0.2) is 0 Å². The number of halogens is 1. The van der Waals surface area contributed by atoms with E-state index in [1.807, 2.05) is 47.4 Å². The van der Waals surface area contributed by atoms with Gasteiger partial charge >= 0.3 is 0 Å². The molecule has 1 heterocycles. The molecule has 2 aromatic carbocycles. The fraction of sp³-hybridized carbons (Fsp3) is 0.333. The number of hydrogen-bond donors (Lipinski definition) is 2. The zero-order valence-electron chi connectivity index (χ0n) is 16.0. The summed E-state index contributed by atoms with van der Waals surface area (Å²) in [5, 5.41) is 6.45. The third-order valence-electron chi connectivity index (χ3n) is 4.79. The Hall–Kier alpha value is -2.57. The van der Waals surface area contributed by atoms with E-state index in [0.717, 1.165) is 37.4 Å². The lowest BCUT2D eigenvalue weighted by Crippen LogP contribution is -2.47. The molecule has 3 rings (SSSR count). The molecule has 1 aliphatic heterocycles. The second-order valence-corrected chi connectivity index (χ2v) is 7.31. The number of para-hydroxylation sites is 1. The number of carbonyl (C=O) groups is 2. The Morgan fingerprint density at radius 3 is 2.36 bits per heavy atom. The van der Waals surface area contributed by atoms with Crippen molar-refractivity contribution in [2.45, 2.75) is 6.54 Å². The molecule has 1 saturated heterocycles. The topological polar surface area (TPSA) is 64.7 Å². The summed E-state index contributed by atoms with van der Waals surface area (Å²) in [5.74, 6) is -0.0647. The minimum Gasteiger partial charge on any atom is -0.375 e. The van der Waals surface area contributed by atoms with Crippen molar-refractivity contribution in [3.63, 3.8) is 0 Å². The number of nitrogens with zero attached hydrogens (tertiary/aromatic N) is 2. The summed E-state index contributed by atoms with van der Waals surface area (Å²) in [6.45, 7) is 3.86. The van der Waals surface area contributed by atoms with Gasteiger partial charge in [0.2, 0.25) is 5.91 Å². The number of anilines is 1. The molecule has 0 saturated carbocycles. The Bertz CT molecular complexity index is 817.